The summed E-state index contributed by atoms with van der Waals surface area (Å²) in [4.78, 5) is 4.00. The van der Waals surface area contributed by atoms with E-state index in [1.807, 2.05) is 13.8 Å². The Hall–Kier alpha value is 0.745. The van der Waals surface area contributed by atoms with Crippen LogP contribution in [-0.4, -0.2) is 16.2 Å². The number of hydrogen-bond acceptors (Lipinski definition) is 3. The van der Waals surface area contributed by atoms with Crippen molar-refractivity contribution < 1.29 is 62.6 Å². The minimum absolute atomic E-state index is 0. The molecule has 0 saturated carbocycles. The van der Waals surface area contributed by atoms with Crippen LogP contribution in [0.4, 0.5) is 0 Å². The number of aromatic nitrogens is 2. The quantitative estimate of drug-likeness (QED) is 0.508. The van der Waals surface area contributed by atoms with E-state index in [9.17, 15) is 0 Å². The smallest absolute Gasteiger partial charge is 0.598 e. The predicted molar refractivity (Wildman–Crippen MR) is 30.4 cm³/mol. The summed E-state index contributed by atoms with van der Waals surface area (Å²) in [5.41, 5.74) is 0.421. The number of aromatic amines is 1. The molecule has 4 nitrogen and oxygen atoms in total. The summed E-state index contributed by atoms with van der Waals surface area (Å²) in [5, 5.41) is 5.99. The molecule has 50 valence electrons. The summed E-state index contributed by atoms with van der Waals surface area (Å²) in [6.07, 6.45) is 2.26. The Balaban J connectivity index is 0.000000810. The van der Waals surface area contributed by atoms with E-state index in [1.54, 1.807) is 0 Å². The Labute approximate surface area is 108 Å². The molecule has 1 aromatic heterocycles. The molecule has 0 radical (unpaired) electrons. The molecule has 0 fully saturated rings. The summed E-state index contributed by atoms with van der Waals surface area (Å²) in [6, 6.07) is 0.225. The van der Waals surface area contributed by atoms with E-state index in [0.717, 1.165) is 0 Å². The van der Waals surface area contributed by atoms with Gasteiger partial charge in [0.05, 0.1) is 6.39 Å². The Kier molecular flexibility index (Phi) is 5.81. The van der Waals surface area contributed by atoms with Gasteiger partial charge in [-0.2, -0.15) is 0 Å². The van der Waals surface area contributed by atoms with E-state index in [4.69, 9.17) is 0 Å². The van der Waals surface area contributed by atoms with E-state index < -0.39 is 0 Å². The molecule has 0 amide bonds. The Morgan fingerprint density at radius 2 is 2.40 bits per heavy atom. The molecule has 0 aliphatic carbocycles. The average Bonchev–Trinajstić information content (AvgIpc) is 2.15. The van der Waals surface area contributed by atoms with Crippen molar-refractivity contribution in [1.29, 1.82) is 0 Å². The Morgan fingerprint density at radius 3 is 2.80 bits per heavy atom. The minimum atomic E-state index is 0. The molecule has 0 bridgehead atoms. The van der Waals surface area contributed by atoms with Gasteiger partial charge in [-0.1, -0.05) is 0 Å². The molecule has 1 aromatic rings. The zero-order valence-electron chi connectivity index (χ0n) is 6.38. The van der Waals surface area contributed by atoms with Crippen molar-refractivity contribution in [2.24, 2.45) is 4.99 Å². The summed E-state index contributed by atoms with van der Waals surface area (Å²) >= 11 is 0. The topological polar surface area (TPSA) is 54.2 Å². The van der Waals surface area contributed by atoms with Crippen molar-refractivity contribution in [3.8, 4) is 0 Å². The van der Waals surface area contributed by atoms with Crippen LogP contribution in [-0.2, 0) is 0 Å². The second-order valence-electron chi connectivity index (χ2n) is 1.94. The normalized spacial score (nSPS) is 11.7. The van der Waals surface area contributed by atoms with Crippen LogP contribution in [0.2, 0.25) is 0 Å². The number of nitrogens with zero attached hydrogens (tertiary/aromatic N) is 2. The molecule has 1 heterocycles. The van der Waals surface area contributed by atoms with Crippen LogP contribution in [0.5, 0.6) is 0 Å². The molecule has 0 aromatic carbocycles. The first-order chi connectivity index (χ1) is 4.29. The fourth-order valence-corrected chi connectivity index (χ4v) is 0.449. The summed E-state index contributed by atoms with van der Waals surface area (Å²) in [6.45, 7) is 3.91. The van der Waals surface area contributed by atoms with E-state index in [2.05, 4.69) is 26.0 Å². The molecule has 0 spiro atoms. The van der Waals surface area contributed by atoms with Gasteiger partial charge in [-0.25, -0.2) is 0 Å². The average molecular weight is 212 g/mol. The molecule has 0 atom stereocenters. The van der Waals surface area contributed by atoms with Gasteiger partial charge in [0, 0.05) is 6.04 Å². The third kappa shape index (κ3) is 3.80. The van der Waals surface area contributed by atoms with Crippen LogP contribution in [0.15, 0.2) is 9.41 Å². The molecule has 1 rings (SSSR count). The SMILES string of the molecule is CC(C)N=c1[nH]n[c-]o1.[Rb+]. The minimum Gasteiger partial charge on any atom is -0.598 e. The van der Waals surface area contributed by atoms with Crippen LogP contribution in [0.25, 0.3) is 0 Å². The maximum absolute atomic E-state index is 4.69. The largest absolute Gasteiger partial charge is 1.00 e. The van der Waals surface area contributed by atoms with Gasteiger partial charge in [0.25, 0.3) is 0 Å². The molecule has 0 saturated heterocycles. The Morgan fingerprint density at radius 1 is 1.70 bits per heavy atom. The maximum Gasteiger partial charge on any atom is 1.00 e. The number of nitrogens with one attached hydrogen (secondary N) is 1. The van der Waals surface area contributed by atoms with Crippen molar-refractivity contribution in [3.05, 3.63) is 12.1 Å². The van der Waals surface area contributed by atoms with Crippen molar-refractivity contribution in [1.82, 2.24) is 10.2 Å². The number of H-pyrrole nitrogens is 1. The number of rotatable bonds is 1. The van der Waals surface area contributed by atoms with Crippen LogP contribution in [0, 0.1) is 6.39 Å². The van der Waals surface area contributed by atoms with E-state index in [1.165, 1.54) is 0 Å². The van der Waals surface area contributed by atoms with E-state index >= 15 is 0 Å². The van der Waals surface area contributed by atoms with Crippen LogP contribution < -0.4 is 63.9 Å². The second-order valence-corrected chi connectivity index (χ2v) is 1.94. The third-order valence-electron chi connectivity index (χ3n) is 0.715. The van der Waals surface area contributed by atoms with Crippen LogP contribution in [0.3, 0.4) is 0 Å². The molecule has 5 heteroatoms. The molecular weight excluding hydrogens is 204 g/mol. The predicted octanol–water partition coefficient (Wildman–Crippen LogP) is -2.88. The molecule has 1 N–H and O–H groups in total. The van der Waals surface area contributed by atoms with Gasteiger partial charge < -0.3 is 14.5 Å². The maximum atomic E-state index is 4.69. The van der Waals surface area contributed by atoms with Gasteiger partial charge >= 0.3 is 58.2 Å². The fourth-order valence-electron chi connectivity index (χ4n) is 0.449. The van der Waals surface area contributed by atoms with Crippen molar-refractivity contribution in [3.63, 3.8) is 0 Å². The summed E-state index contributed by atoms with van der Waals surface area (Å²) < 4.78 is 4.69. The molecule has 0 aliphatic rings. The molecule has 0 unspecified atom stereocenters. The third-order valence-corrected chi connectivity index (χ3v) is 0.715. The first kappa shape index (κ1) is 10.7. The monoisotopic (exact) mass is 211 g/mol. The molecule has 10 heavy (non-hydrogen) atoms. The summed E-state index contributed by atoms with van der Waals surface area (Å²) in [7, 11) is 0. The zero-order valence-corrected chi connectivity index (χ0v) is 11.3. The number of hydrogen-bond donors (Lipinski definition) is 1. The first-order valence-corrected chi connectivity index (χ1v) is 2.74. The molecular formula is C5H8N3ORb. The van der Waals surface area contributed by atoms with Gasteiger partial charge in [0.2, 0.25) is 0 Å². The standard InChI is InChI=1S/C5H8N3O.Rb/c1-4(2)7-5-8-6-3-9-5;/h4H,1-2H3,(H,7,8);/q-1;+1. The van der Waals surface area contributed by atoms with Gasteiger partial charge in [0.15, 0.2) is 0 Å². The second kappa shape index (κ2) is 5.40. The molecule has 0 aliphatic heterocycles. The van der Waals surface area contributed by atoms with Gasteiger partial charge in [-0.15, -0.1) is 0 Å². The van der Waals surface area contributed by atoms with Gasteiger partial charge in [-0.3, -0.25) is 5.10 Å². The van der Waals surface area contributed by atoms with Crippen LogP contribution in [0.1, 0.15) is 13.8 Å². The van der Waals surface area contributed by atoms with Crippen LogP contribution >= 0.6 is 0 Å². The van der Waals surface area contributed by atoms with Crippen molar-refractivity contribution >= 4 is 0 Å². The Bertz CT molecular complexity index is 210. The first-order valence-electron chi connectivity index (χ1n) is 2.74. The van der Waals surface area contributed by atoms with Crippen molar-refractivity contribution in [2.75, 3.05) is 0 Å². The fraction of sp³-hybridized carbons (Fsp3) is 0.600. The van der Waals surface area contributed by atoms with Crippen molar-refractivity contribution in [2.45, 2.75) is 19.9 Å². The van der Waals surface area contributed by atoms with Gasteiger partial charge in [0.1, 0.15) is 5.68 Å². The van der Waals surface area contributed by atoms with Gasteiger partial charge in [-0.05, 0) is 13.8 Å². The summed E-state index contributed by atoms with van der Waals surface area (Å²) in [5.74, 6) is 0. The van der Waals surface area contributed by atoms with E-state index in [0.29, 0.717) is 5.68 Å². The zero-order chi connectivity index (χ0) is 6.69. The van der Waals surface area contributed by atoms with E-state index in [-0.39, 0.29) is 64.2 Å².